The molecule has 1 unspecified atom stereocenters. The summed E-state index contributed by atoms with van der Waals surface area (Å²) >= 11 is 0. The second-order valence-electron chi connectivity index (χ2n) is 5.88. The number of nitrogens with zero attached hydrogens (tertiary/aromatic N) is 1. The van der Waals surface area contributed by atoms with E-state index in [9.17, 15) is 4.79 Å². The number of aryl methyl sites for hydroxylation is 1. The number of carbonyl (C=O) groups is 1. The normalized spacial score (nSPS) is 19.7. The number of carboxylic acids is 1. The Morgan fingerprint density at radius 3 is 2.80 bits per heavy atom. The Kier molecular flexibility index (Phi) is 5.05. The topological polar surface area (TPSA) is 40.5 Å². The predicted molar refractivity (Wildman–Crippen MR) is 82.6 cm³/mol. The molecule has 3 heteroatoms. The van der Waals surface area contributed by atoms with Crippen molar-refractivity contribution in [2.75, 3.05) is 18.0 Å². The van der Waals surface area contributed by atoms with Gasteiger partial charge in [0.1, 0.15) is 0 Å². The van der Waals surface area contributed by atoms with Crippen LogP contribution in [-0.2, 0) is 0 Å². The molecule has 0 radical (unpaired) electrons. The number of benzene rings is 1. The molecule has 1 aliphatic heterocycles. The third-order valence-electron chi connectivity index (χ3n) is 4.33. The van der Waals surface area contributed by atoms with Gasteiger partial charge in [0.15, 0.2) is 0 Å². The zero-order valence-electron chi connectivity index (χ0n) is 12.6. The molecule has 1 atom stereocenters. The molecule has 1 aromatic rings. The average Bonchev–Trinajstić information content (AvgIpc) is 2.65. The SMILES string of the molecule is CCCC1CCCN(c2ccc(C(=O)O)cc2C)CC1. The van der Waals surface area contributed by atoms with Crippen LogP contribution in [0, 0.1) is 12.8 Å². The van der Waals surface area contributed by atoms with Gasteiger partial charge >= 0.3 is 5.97 Å². The minimum atomic E-state index is -0.849. The summed E-state index contributed by atoms with van der Waals surface area (Å²) in [6.45, 7) is 6.46. The molecule has 0 saturated carbocycles. The lowest BCUT2D eigenvalue weighted by Crippen LogP contribution is -2.25. The molecule has 1 fully saturated rings. The molecule has 1 saturated heterocycles. The molecule has 1 N–H and O–H groups in total. The van der Waals surface area contributed by atoms with Gasteiger partial charge in [-0.3, -0.25) is 0 Å². The van der Waals surface area contributed by atoms with Gasteiger partial charge in [0.25, 0.3) is 0 Å². The Hall–Kier alpha value is -1.51. The fourth-order valence-electron chi connectivity index (χ4n) is 3.25. The van der Waals surface area contributed by atoms with Crippen molar-refractivity contribution in [3.05, 3.63) is 29.3 Å². The van der Waals surface area contributed by atoms with Crippen molar-refractivity contribution in [2.24, 2.45) is 5.92 Å². The van der Waals surface area contributed by atoms with Crippen molar-refractivity contribution in [1.82, 2.24) is 0 Å². The average molecular weight is 275 g/mol. The summed E-state index contributed by atoms with van der Waals surface area (Å²) in [7, 11) is 0. The molecule has 0 spiro atoms. The van der Waals surface area contributed by atoms with Crippen molar-refractivity contribution in [1.29, 1.82) is 0 Å². The molecule has 1 aromatic carbocycles. The van der Waals surface area contributed by atoms with E-state index in [0.29, 0.717) is 5.56 Å². The van der Waals surface area contributed by atoms with Crippen LogP contribution in [0.1, 0.15) is 54.9 Å². The summed E-state index contributed by atoms with van der Waals surface area (Å²) in [5.74, 6) is 0.0159. The molecule has 0 aliphatic carbocycles. The van der Waals surface area contributed by atoms with Crippen LogP contribution in [0.3, 0.4) is 0 Å². The van der Waals surface area contributed by atoms with Crippen LogP contribution in [-0.4, -0.2) is 24.2 Å². The standard InChI is InChI=1S/C17H25NO2/c1-3-5-14-6-4-10-18(11-9-14)16-8-7-15(17(19)20)12-13(16)2/h7-8,12,14H,3-6,9-11H2,1-2H3,(H,19,20). The molecule has 20 heavy (non-hydrogen) atoms. The van der Waals surface area contributed by atoms with Crippen LogP contribution in [0.5, 0.6) is 0 Å². The highest BCUT2D eigenvalue weighted by atomic mass is 16.4. The largest absolute Gasteiger partial charge is 0.478 e. The van der Waals surface area contributed by atoms with Gasteiger partial charge in [-0.1, -0.05) is 19.8 Å². The van der Waals surface area contributed by atoms with E-state index in [1.165, 1.54) is 37.8 Å². The van der Waals surface area contributed by atoms with Crippen molar-refractivity contribution in [3.63, 3.8) is 0 Å². The Balaban J connectivity index is 2.09. The lowest BCUT2D eigenvalue weighted by Gasteiger charge is -2.25. The highest BCUT2D eigenvalue weighted by molar-refractivity contribution is 5.88. The number of aromatic carboxylic acids is 1. The zero-order chi connectivity index (χ0) is 14.5. The van der Waals surface area contributed by atoms with E-state index in [1.807, 2.05) is 13.0 Å². The van der Waals surface area contributed by atoms with E-state index in [0.717, 1.165) is 24.6 Å². The second-order valence-corrected chi connectivity index (χ2v) is 5.88. The fraction of sp³-hybridized carbons (Fsp3) is 0.588. The lowest BCUT2D eigenvalue weighted by atomic mass is 9.96. The summed E-state index contributed by atoms with van der Waals surface area (Å²) in [5, 5.41) is 9.04. The Bertz CT molecular complexity index is 470. The summed E-state index contributed by atoms with van der Waals surface area (Å²) < 4.78 is 0. The molecular weight excluding hydrogens is 250 g/mol. The summed E-state index contributed by atoms with van der Waals surface area (Å²) in [6.07, 6.45) is 6.44. The quantitative estimate of drug-likeness (QED) is 0.899. The summed E-state index contributed by atoms with van der Waals surface area (Å²) in [6, 6.07) is 5.48. The molecule has 0 amide bonds. The first-order valence-electron chi connectivity index (χ1n) is 7.70. The third kappa shape index (κ3) is 3.53. The first-order valence-corrected chi connectivity index (χ1v) is 7.70. The summed E-state index contributed by atoms with van der Waals surface area (Å²) in [5.41, 5.74) is 2.65. The van der Waals surface area contributed by atoms with E-state index in [1.54, 1.807) is 12.1 Å². The van der Waals surface area contributed by atoms with Gasteiger partial charge in [-0.15, -0.1) is 0 Å². The number of rotatable bonds is 4. The Morgan fingerprint density at radius 1 is 1.35 bits per heavy atom. The van der Waals surface area contributed by atoms with Crippen molar-refractivity contribution in [3.8, 4) is 0 Å². The number of hydrogen-bond donors (Lipinski definition) is 1. The van der Waals surface area contributed by atoms with Gasteiger partial charge in [0, 0.05) is 18.8 Å². The molecule has 0 aromatic heterocycles. The van der Waals surface area contributed by atoms with E-state index < -0.39 is 5.97 Å². The number of carboxylic acid groups (broad SMARTS) is 1. The number of anilines is 1. The van der Waals surface area contributed by atoms with Crippen LogP contribution in [0.2, 0.25) is 0 Å². The van der Waals surface area contributed by atoms with Gasteiger partial charge in [-0.25, -0.2) is 4.79 Å². The highest BCUT2D eigenvalue weighted by Crippen LogP contribution is 2.28. The first-order chi connectivity index (χ1) is 9.61. The number of hydrogen-bond acceptors (Lipinski definition) is 2. The minimum absolute atomic E-state index is 0.380. The van der Waals surface area contributed by atoms with Gasteiger partial charge in [-0.05, 0) is 55.9 Å². The van der Waals surface area contributed by atoms with Crippen molar-refractivity contribution >= 4 is 11.7 Å². The van der Waals surface area contributed by atoms with Crippen LogP contribution in [0.25, 0.3) is 0 Å². The molecular formula is C17H25NO2. The highest BCUT2D eigenvalue weighted by Gasteiger charge is 2.18. The van der Waals surface area contributed by atoms with Crippen LogP contribution >= 0.6 is 0 Å². The monoisotopic (exact) mass is 275 g/mol. The molecule has 0 bridgehead atoms. The molecule has 2 rings (SSSR count). The van der Waals surface area contributed by atoms with E-state index >= 15 is 0 Å². The predicted octanol–water partition coefficient (Wildman–Crippen LogP) is 4.10. The maximum Gasteiger partial charge on any atom is 0.335 e. The van der Waals surface area contributed by atoms with E-state index in [-0.39, 0.29) is 0 Å². The zero-order valence-corrected chi connectivity index (χ0v) is 12.6. The maximum absolute atomic E-state index is 11.0. The van der Waals surface area contributed by atoms with Gasteiger partial charge in [-0.2, -0.15) is 0 Å². The fourth-order valence-corrected chi connectivity index (χ4v) is 3.25. The summed E-state index contributed by atoms with van der Waals surface area (Å²) in [4.78, 5) is 13.4. The van der Waals surface area contributed by atoms with E-state index in [2.05, 4.69) is 11.8 Å². The van der Waals surface area contributed by atoms with Gasteiger partial charge < -0.3 is 10.0 Å². The molecule has 1 heterocycles. The first kappa shape index (κ1) is 14.9. The lowest BCUT2D eigenvalue weighted by molar-refractivity contribution is 0.0697. The van der Waals surface area contributed by atoms with Crippen LogP contribution < -0.4 is 4.90 Å². The minimum Gasteiger partial charge on any atom is -0.478 e. The van der Waals surface area contributed by atoms with E-state index in [4.69, 9.17) is 5.11 Å². The van der Waals surface area contributed by atoms with Crippen LogP contribution in [0.4, 0.5) is 5.69 Å². The third-order valence-corrected chi connectivity index (χ3v) is 4.33. The Labute approximate surface area is 121 Å². The van der Waals surface area contributed by atoms with Crippen LogP contribution in [0.15, 0.2) is 18.2 Å². The second kappa shape index (κ2) is 6.78. The van der Waals surface area contributed by atoms with Crippen molar-refractivity contribution < 1.29 is 9.90 Å². The maximum atomic E-state index is 11.0. The molecule has 3 nitrogen and oxygen atoms in total. The molecule has 110 valence electrons. The molecule has 1 aliphatic rings. The van der Waals surface area contributed by atoms with Gasteiger partial charge in [0.05, 0.1) is 5.56 Å². The Morgan fingerprint density at radius 2 is 2.15 bits per heavy atom. The van der Waals surface area contributed by atoms with Gasteiger partial charge in [0.2, 0.25) is 0 Å². The van der Waals surface area contributed by atoms with Crippen molar-refractivity contribution in [2.45, 2.75) is 46.0 Å². The smallest absolute Gasteiger partial charge is 0.335 e.